The van der Waals surface area contributed by atoms with Gasteiger partial charge in [-0.25, -0.2) is 4.57 Å². The fraction of sp³-hybridized carbons (Fsp3) is 0.188. The molecule has 100 valence electrons. The van der Waals surface area contributed by atoms with Crippen molar-refractivity contribution in [2.24, 2.45) is 7.05 Å². The fourth-order valence-electron chi connectivity index (χ4n) is 3.05. The highest BCUT2D eigenvalue weighted by molar-refractivity contribution is 6.21. The van der Waals surface area contributed by atoms with E-state index in [1.54, 1.807) is 0 Å². The summed E-state index contributed by atoms with van der Waals surface area (Å²) >= 11 is 0. The first kappa shape index (κ1) is 13.4. The minimum atomic E-state index is 0. The van der Waals surface area contributed by atoms with E-state index in [4.69, 9.17) is 0 Å². The van der Waals surface area contributed by atoms with Crippen molar-refractivity contribution < 1.29 is 28.5 Å². The van der Waals surface area contributed by atoms with Gasteiger partial charge in [-0.05, 0) is 43.1 Å². The molecule has 0 aliphatic rings. The second-order valence-corrected chi connectivity index (χ2v) is 5.15. The highest BCUT2D eigenvalue weighted by Crippen LogP contribution is 2.34. The van der Waals surface area contributed by atoms with E-state index in [0.717, 1.165) is 16.9 Å². The normalized spacial score (nSPS) is 11.3. The van der Waals surface area contributed by atoms with Crippen molar-refractivity contribution in [1.82, 2.24) is 9.97 Å². The molecule has 3 nitrogen and oxygen atoms in total. The average molecular weight is 375 g/mol. The molecule has 20 heavy (non-hydrogen) atoms. The summed E-state index contributed by atoms with van der Waals surface area (Å²) in [5, 5.41) is 5.00. The summed E-state index contributed by atoms with van der Waals surface area (Å²) in [5.41, 5.74) is 4.45. The first-order valence-corrected chi connectivity index (χ1v) is 6.43. The standard InChI is InChI=1S/C16H14N3.HI/c1-9-11-4-6-13-16-14(19(3)8-17-13)7-5-12(15(11)16)10(2)18-9;/h4-8H,1-3H3;1H/q+1;/p-1. The minimum Gasteiger partial charge on any atom is -1.00 e. The van der Waals surface area contributed by atoms with Gasteiger partial charge in [0.2, 0.25) is 0 Å². The van der Waals surface area contributed by atoms with Crippen LogP contribution in [0, 0.1) is 13.8 Å². The summed E-state index contributed by atoms with van der Waals surface area (Å²) in [4.78, 5) is 9.19. The Kier molecular flexibility index (Phi) is 3.01. The van der Waals surface area contributed by atoms with E-state index in [1.807, 2.05) is 13.4 Å². The van der Waals surface area contributed by atoms with E-state index < -0.39 is 0 Å². The highest BCUT2D eigenvalue weighted by Gasteiger charge is 2.17. The predicted octanol–water partition coefficient (Wildman–Crippen LogP) is -0.181. The number of pyridine rings is 1. The van der Waals surface area contributed by atoms with Crippen LogP contribution in [0.2, 0.25) is 0 Å². The quantitative estimate of drug-likeness (QED) is 0.243. The molecule has 0 unspecified atom stereocenters. The molecule has 0 aliphatic heterocycles. The van der Waals surface area contributed by atoms with Crippen LogP contribution in [0.1, 0.15) is 11.4 Å². The Morgan fingerprint density at radius 2 is 1.55 bits per heavy atom. The van der Waals surface area contributed by atoms with Gasteiger partial charge in [-0.15, -0.1) is 0 Å². The molecule has 4 aromatic rings. The van der Waals surface area contributed by atoms with E-state index in [0.29, 0.717) is 0 Å². The molecule has 0 radical (unpaired) electrons. The van der Waals surface area contributed by atoms with E-state index in [9.17, 15) is 0 Å². The Morgan fingerprint density at radius 3 is 2.25 bits per heavy atom. The third-order valence-electron chi connectivity index (χ3n) is 3.98. The lowest BCUT2D eigenvalue weighted by molar-refractivity contribution is -0.647. The summed E-state index contributed by atoms with van der Waals surface area (Å²) in [7, 11) is 2.04. The Morgan fingerprint density at radius 1 is 0.900 bits per heavy atom. The summed E-state index contributed by atoms with van der Waals surface area (Å²) in [5.74, 6) is 0. The lowest BCUT2D eigenvalue weighted by atomic mass is 9.97. The summed E-state index contributed by atoms with van der Waals surface area (Å²) in [6.07, 6.45) is 1.87. The third kappa shape index (κ3) is 1.60. The number of rotatable bonds is 0. The first-order valence-electron chi connectivity index (χ1n) is 6.43. The van der Waals surface area contributed by atoms with E-state index in [-0.39, 0.29) is 24.0 Å². The smallest absolute Gasteiger partial charge is 0.287 e. The molecule has 0 saturated heterocycles. The molecular weight excluding hydrogens is 361 g/mol. The number of halogens is 1. The van der Waals surface area contributed by atoms with Crippen LogP contribution >= 0.6 is 0 Å². The van der Waals surface area contributed by atoms with Crippen molar-refractivity contribution in [1.29, 1.82) is 0 Å². The molecule has 2 aromatic heterocycles. The molecule has 0 saturated carbocycles. The SMILES string of the molecule is Cc1nc(C)c2ccc3c4c(ccc1c24)nc[n+]3C.[I-]. The molecule has 0 atom stereocenters. The molecule has 2 heterocycles. The van der Waals surface area contributed by atoms with Gasteiger partial charge in [0, 0.05) is 27.5 Å². The highest BCUT2D eigenvalue weighted by atomic mass is 127. The average Bonchev–Trinajstić information content (AvgIpc) is 2.41. The van der Waals surface area contributed by atoms with Crippen LogP contribution in [0.3, 0.4) is 0 Å². The Balaban J connectivity index is 0.00000121. The number of aryl methyl sites for hydroxylation is 3. The van der Waals surface area contributed by atoms with Crippen LogP contribution < -0.4 is 28.5 Å². The van der Waals surface area contributed by atoms with Crippen molar-refractivity contribution in [3.8, 4) is 0 Å². The zero-order valence-electron chi connectivity index (χ0n) is 11.6. The van der Waals surface area contributed by atoms with Gasteiger partial charge >= 0.3 is 0 Å². The predicted molar refractivity (Wildman–Crippen MR) is 76.4 cm³/mol. The van der Waals surface area contributed by atoms with Gasteiger partial charge < -0.3 is 24.0 Å². The molecule has 0 bridgehead atoms. The maximum atomic E-state index is 4.65. The number of benzene rings is 2. The van der Waals surface area contributed by atoms with Crippen LogP contribution in [0.5, 0.6) is 0 Å². The molecule has 4 heteroatoms. The number of aromatic nitrogens is 3. The Hall–Kier alpha value is -1.56. The van der Waals surface area contributed by atoms with Gasteiger partial charge in [0.05, 0.1) is 12.4 Å². The zero-order chi connectivity index (χ0) is 13.1. The van der Waals surface area contributed by atoms with Gasteiger partial charge in [-0.1, -0.05) is 0 Å². The minimum absolute atomic E-state index is 0. The van der Waals surface area contributed by atoms with Crippen LogP contribution in [0.4, 0.5) is 0 Å². The number of hydrogen-bond acceptors (Lipinski definition) is 2. The van der Waals surface area contributed by atoms with Crippen LogP contribution in [0.25, 0.3) is 32.6 Å². The molecule has 0 fully saturated rings. The topological polar surface area (TPSA) is 29.7 Å². The summed E-state index contributed by atoms with van der Waals surface area (Å²) < 4.78 is 2.08. The molecule has 0 N–H and O–H groups in total. The van der Waals surface area contributed by atoms with E-state index >= 15 is 0 Å². The lowest BCUT2D eigenvalue weighted by Gasteiger charge is -2.11. The Labute approximate surface area is 134 Å². The van der Waals surface area contributed by atoms with Crippen molar-refractivity contribution in [3.63, 3.8) is 0 Å². The molecule has 2 aromatic carbocycles. The van der Waals surface area contributed by atoms with Gasteiger partial charge in [0.15, 0.2) is 5.52 Å². The fourth-order valence-corrected chi connectivity index (χ4v) is 3.05. The zero-order valence-corrected chi connectivity index (χ0v) is 13.8. The van der Waals surface area contributed by atoms with Crippen LogP contribution in [-0.4, -0.2) is 9.97 Å². The largest absolute Gasteiger partial charge is 1.00 e. The van der Waals surface area contributed by atoms with Gasteiger partial charge in [0.25, 0.3) is 6.33 Å². The van der Waals surface area contributed by atoms with E-state index in [2.05, 4.69) is 52.6 Å². The van der Waals surface area contributed by atoms with Gasteiger partial charge in [-0.2, -0.15) is 0 Å². The van der Waals surface area contributed by atoms with Crippen LogP contribution in [0.15, 0.2) is 30.6 Å². The maximum Gasteiger partial charge on any atom is 0.287 e. The lowest BCUT2D eigenvalue weighted by Crippen LogP contribution is -3.00. The summed E-state index contributed by atoms with van der Waals surface area (Å²) in [6, 6.07) is 8.56. The molecule has 0 aliphatic carbocycles. The van der Waals surface area contributed by atoms with E-state index in [1.165, 1.54) is 27.1 Å². The van der Waals surface area contributed by atoms with Gasteiger partial charge in [0.1, 0.15) is 5.52 Å². The Bertz CT molecular complexity index is 925. The molecule has 0 spiro atoms. The maximum absolute atomic E-state index is 4.65. The van der Waals surface area contributed by atoms with Crippen molar-refractivity contribution in [2.75, 3.05) is 0 Å². The van der Waals surface area contributed by atoms with Crippen LogP contribution in [-0.2, 0) is 7.05 Å². The van der Waals surface area contributed by atoms with Crippen molar-refractivity contribution in [2.45, 2.75) is 13.8 Å². The monoisotopic (exact) mass is 375 g/mol. The second kappa shape index (κ2) is 4.48. The van der Waals surface area contributed by atoms with Crippen molar-refractivity contribution in [3.05, 3.63) is 42.0 Å². The second-order valence-electron chi connectivity index (χ2n) is 5.15. The van der Waals surface area contributed by atoms with Crippen molar-refractivity contribution >= 4 is 32.6 Å². The molecular formula is C16H14IN3. The molecule has 0 amide bonds. The third-order valence-corrected chi connectivity index (χ3v) is 3.98. The number of nitrogens with zero attached hydrogens (tertiary/aromatic N) is 3. The first-order chi connectivity index (χ1) is 9.16. The molecule has 4 rings (SSSR count). The number of hydrogen-bond donors (Lipinski definition) is 0. The van der Waals surface area contributed by atoms with Gasteiger partial charge in [-0.3, -0.25) is 4.98 Å². The summed E-state index contributed by atoms with van der Waals surface area (Å²) in [6.45, 7) is 4.15.